The molecule has 110 valence electrons. The fraction of sp³-hybridized carbons (Fsp3) is 0.588. The molecule has 3 atom stereocenters. The Bertz CT molecular complexity index is 472. The molecule has 0 aliphatic carbocycles. The van der Waals surface area contributed by atoms with E-state index in [9.17, 15) is 4.79 Å². The van der Waals surface area contributed by atoms with Gasteiger partial charge in [-0.3, -0.25) is 9.69 Å². The zero-order valence-electron chi connectivity index (χ0n) is 12.7. The third-order valence-electron chi connectivity index (χ3n) is 4.55. The zero-order valence-corrected chi connectivity index (χ0v) is 12.7. The number of carbonyl (C=O) groups is 1. The van der Waals surface area contributed by atoms with Crippen LogP contribution in [0.1, 0.15) is 38.3 Å². The highest BCUT2D eigenvalue weighted by Crippen LogP contribution is 2.28. The van der Waals surface area contributed by atoms with Crippen LogP contribution in [-0.2, 0) is 17.8 Å². The fourth-order valence-electron chi connectivity index (χ4n) is 3.31. The monoisotopic (exact) mass is 275 g/mol. The van der Waals surface area contributed by atoms with Crippen LogP contribution >= 0.6 is 0 Å². The molecule has 20 heavy (non-hydrogen) atoms. The summed E-state index contributed by atoms with van der Waals surface area (Å²) in [5, 5.41) is 9.02. The Balaban J connectivity index is 2.14. The van der Waals surface area contributed by atoms with Gasteiger partial charge in [-0.1, -0.05) is 38.1 Å². The lowest BCUT2D eigenvalue weighted by Crippen LogP contribution is -2.45. The predicted octanol–water partition coefficient (Wildman–Crippen LogP) is 3.18. The average Bonchev–Trinajstić information content (AvgIpc) is 2.37. The number of benzene rings is 1. The Morgan fingerprint density at radius 1 is 1.25 bits per heavy atom. The van der Waals surface area contributed by atoms with Gasteiger partial charge in [-0.2, -0.15) is 0 Å². The van der Waals surface area contributed by atoms with Crippen LogP contribution in [-0.4, -0.2) is 28.6 Å². The molecule has 1 aromatic carbocycles. The lowest BCUT2D eigenvalue weighted by molar-refractivity contribution is -0.136. The summed E-state index contributed by atoms with van der Waals surface area (Å²) in [7, 11) is 0. The SMILES string of the molecule is CC1CC(C)C(C)N(Cc2ccccc2CC(=O)O)C1. The largest absolute Gasteiger partial charge is 0.481 e. The number of rotatable bonds is 4. The van der Waals surface area contributed by atoms with E-state index in [0.29, 0.717) is 17.9 Å². The molecule has 0 spiro atoms. The first-order valence-corrected chi connectivity index (χ1v) is 7.50. The second kappa shape index (κ2) is 6.40. The van der Waals surface area contributed by atoms with Crippen LogP contribution in [0.5, 0.6) is 0 Å². The molecule has 1 aliphatic rings. The van der Waals surface area contributed by atoms with Crippen LogP contribution in [0.2, 0.25) is 0 Å². The van der Waals surface area contributed by atoms with Crippen molar-refractivity contribution in [2.24, 2.45) is 11.8 Å². The molecule has 0 radical (unpaired) electrons. The predicted molar refractivity (Wildman–Crippen MR) is 80.6 cm³/mol. The van der Waals surface area contributed by atoms with Gasteiger partial charge in [-0.15, -0.1) is 0 Å². The normalized spacial score (nSPS) is 27.4. The first-order valence-electron chi connectivity index (χ1n) is 7.50. The van der Waals surface area contributed by atoms with Crippen molar-refractivity contribution < 1.29 is 9.90 Å². The van der Waals surface area contributed by atoms with Gasteiger partial charge in [0.1, 0.15) is 0 Å². The smallest absolute Gasteiger partial charge is 0.307 e. The van der Waals surface area contributed by atoms with Crippen molar-refractivity contribution in [3.63, 3.8) is 0 Å². The van der Waals surface area contributed by atoms with Crippen LogP contribution in [0.15, 0.2) is 24.3 Å². The zero-order chi connectivity index (χ0) is 14.7. The number of nitrogens with zero attached hydrogens (tertiary/aromatic N) is 1. The minimum Gasteiger partial charge on any atom is -0.481 e. The standard InChI is InChI=1S/C17H25NO2/c1-12-8-13(2)14(3)18(10-12)11-16-7-5-4-6-15(16)9-17(19)20/h4-7,12-14H,8-11H2,1-3H3,(H,19,20). The molecule has 3 heteroatoms. The van der Waals surface area contributed by atoms with Crippen LogP contribution in [0.4, 0.5) is 0 Å². The fourth-order valence-corrected chi connectivity index (χ4v) is 3.31. The third kappa shape index (κ3) is 3.60. The highest BCUT2D eigenvalue weighted by atomic mass is 16.4. The lowest BCUT2D eigenvalue weighted by atomic mass is 9.85. The van der Waals surface area contributed by atoms with Crippen molar-refractivity contribution in [3.8, 4) is 0 Å². The second-order valence-corrected chi connectivity index (χ2v) is 6.33. The van der Waals surface area contributed by atoms with E-state index in [0.717, 1.165) is 24.2 Å². The summed E-state index contributed by atoms with van der Waals surface area (Å²) in [4.78, 5) is 13.5. The van der Waals surface area contributed by atoms with Crippen LogP contribution in [0.25, 0.3) is 0 Å². The number of carboxylic acid groups (broad SMARTS) is 1. The quantitative estimate of drug-likeness (QED) is 0.917. The van der Waals surface area contributed by atoms with E-state index in [1.54, 1.807) is 0 Å². The summed E-state index contributed by atoms with van der Waals surface area (Å²) in [6.07, 6.45) is 1.40. The Kier molecular flexibility index (Phi) is 4.81. The number of piperidine rings is 1. The van der Waals surface area contributed by atoms with Crippen LogP contribution in [0.3, 0.4) is 0 Å². The maximum atomic E-state index is 11.0. The molecule has 2 rings (SSSR count). The van der Waals surface area contributed by atoms with E-state index in [1.807, 2.05) is 18.2 Å². The van der Waals surface area contributed by atoms with Gasteiger partial charge in [0.25, 0.3) is 0 Å². The maximum Gasteiger partial charge on any atom is 0.307 e. The summed E-state index contributed by atoms with van der Waals surface area (Å²) in [5.74, 6) is 0.657. The third-order valence-corrected chi connectivity index (χ3v) is 4.55. The minimum atomic E-state index is -0.758. The molecule has 1 saturated heterocycles. The van der Waals surface area contributed by atoms with E-state index in [-0.39, 0.29) is 6.42 Å². The Hall–Kier alpha value is -1.35. The van der Waals surface area contributed by atoms with Crippen molar-refractivity contribution >= 4 is 5.97 Å². The topological polar surface area (TPSA) is 40.5 Å². The number of likely N-dealkylation sites (tertiary alicyclic amines) is 1. The summed E-state index contributed by atoms with van der Waals surface area (Å²) in [6.45, 7) is 8.87. The molecule has 3 nitrogen and oxygen atoms in total. The molecule has 1 heterocycles. The molecule has 1 aromatic rings. The van der Waals surface area contributed by atoms with E-state index >= 15 is 0 Å². The second-order valence-electron chi connectivity index (χ2n) is 6.33. The Morgan fingerprint density at radius 2 is 1.90 bits per heavy atom. The maximum absolute atomic E-state index is 11.0. The lowest BCUT2D eigenvalue weighted by Gasteiger charge is -2.41. The summed E-state index contributed by atoms with van der Waals surface area (Å²) in [5.41, 5.74) is 2.10. The Morgan fingerprint density at radius 3 is 2.55 bits per heavy atom. The summed E-state index contributed by atoms with van der Waals surface area (Å²) >= 11 is 0. The molecule has 0 bridgehead atoms. The van der Waals surface area contributed by atoms with E-state index in [1.165, 1.54) is 6.42 Å². The molecular formula is C17H25NO2. The van der Waals surface area contributed by atoms with Crippen molar-refractivity contribution in [1.82, 2.24) is 4.90 Å². The van der Waals surface area contributed by atoms with Gasteiger partial charge in [0.15, 0.2) is 0 Å². The number of aliphatic carboxylic acids is 1. The number of carboxylic acids is 1. The first-order chi connectivity index (χ1) is 9.47. The summed E-state index contributed by atoms with van der Waals surface area (Å²) < 4.78 is 0. The molecule has 0 amide bonds. The van der Waals surface area contributed by atoms with E-state index in [4.69, 9.17) is 5.11 Å². The molecular weight excluding hydrogens is 250 g/mol. The van der Waals surface area contributed by atoms with Gasteiger partial charge in [-0.25, -0.2) is 0 Å². The highest BCUT2D eigenvalue weighted by Gasteiger charge is 2.28. The minimum absolute atomic E-state index is 0.115. The molecule has 3 unspecified atom stereocenters. The molecule has 1 fully saturated rings. The summed E-state index contributed by atoms with van der Waals surface area (Å²) in [6, 6.07) is 8.48. The first kappa shape index (κ1) is 15.0. The van der Waals surface area contributed by atoms with Gasteiger partial charge in [-0.05, 0) is 36.3 Å². The van der Waals surface area contributed by atoms with Gasteiger partial charge in [0, 0.05) is 19.1 Å². The van der Waals surface area contributed by atoms with Crippen molar-refractivity contribution in [2.75, 3.05) is 6.54 Å². The highest BCUT2D eigenvalue weighted by molar-refractivity contribution is 5.70. The molecule has 0 saturated carbocycles. The van der Waals surface area contributed by atoms with Gasteiger partial charge in [0.05, 0.1) is 6.42 Å². The van der Waals surface area contributed by atoms with E-state index in [2.05, 4.69) is 31.7 Å². The van der Waals surface area contributed by atoms with E-state index < -0.39 is 5.97 Å². The number of hydrogen-bond donors (Lipinski definition) is 1. The van der Waals surface area contributed by atoms with Crippen LogP contribution in [0, 0.1) is 11.8 Å². The number of hydrogen-bond acceptors (Lipinski definition) is 2. The molecule has 0 aromatic heterocycles. The van der Waals surface area contributed by atoms with Crippen LogP contribution < -0.4 is 0 Å². The van der Waals surface area contributed by atoms with Crippen molar-refractivity contribution in [3.05, 3.63) is 35.4 Å². The van der Waals surface area contributed by atoms with Crippen molar-refractivity contribution in [1.29, 1.82) is 0 Å². The average molecular weight is 275 g/mol. The molecule has 1 N–H and O–H groups in total. The molecule has 1 aliphatic heterocycles. The Labute approximate surface area is 121 Å². The van der Waals surface area contributed by atoms with Gasteiger partial charge >= 0.3 is 5.97 Å². The van der Waals surface area contributed by atoms with Crippen molar-refractivity contribution in [2.45, 2.75) is 46.2 Å². The van der Waals surface area contributed by atoms with Gasteiger partial charge < -0.3 is 5.11 Å². The van der Waals surface area contributed by atoms with Gasteiger partial charge in [0.2, 0.25) is 0 Å².